The number of rotatable bonds is 4. The van der Waals surface area contributed by atoms with E-state index in [-0.39, 0.29) is 17.9 Å². The normalized spacial score (nSPS) is 20.4. The summed E-state index contributed by atoms with van der Waals surface area (Å²) in [6.45, 7) is 0. The van der Waals surface area contributed by atoms with Gasteiger partial charge in [-0.2, -0.15) is 0 Å². The lowest BCUT2D eigenvalue weighted by Crippen LogP contribution is -2.18. The van der Waals surface area contributed by atoms with Gasteiger partial charge in [-0.05, 0) is 12.8 Å². The number of allylic oxidation sites excluding steroid dienone is 1. The zero-order valence-corrected chi connectivity index (χ0v) is 8.19. The maximum absolute atomic E-state index is 11.0. The maximum atomic E-state index is 11.0. The fourth-order valence-corrected chi connectivity index (χ4v) is 1.31. The number of ketones is 1. The van der Waals surface area contributed by atoms with Gasteiger partial charge in [0, 0.05) is 18.9 Å². The molecule has 1 heterocycles. The number of methoxy groups -OCH3 is 1. The third kappa shape index (κ3) is 3.60. The Morgan fingerprint density at radius 3 is 3.14 bits per heavy atom. The van der Waals surface area contributed by atoms with Crippen molar-refractivity contribution in [1.82, 2.24) is 0 Å². The molecule has 14 heavy (non-hydrogen) atoms. The lowest BCUT2D eigenvalue weighted by molar-refractivity contribution is -0.140. The molecule has 0 unspecified atom stereocenters. The van der Waals surface area contributed by atoms with Crippen LogP contribution in [0.2, 0.25) is 0 Å². The molecule has 0 saturated heterocycles. The summed E-state index contributed by atoms with van der Waals surface area (Å²) in [6, 6.07) is 0. The standard InChI is InChI=1S/C10H14O4/c1-13-10(12)4-2-3-9-7-8(11)5-6-14-9/h5-6,9H,2-4,7H2,1H3/t9-/m1/s1. The molecule has 0 radical (unpaired) electrons. The summed E-state index contributed by atoms with van der Waals surface area (Å²) in [5.41, 5.74) is 0. The summed E-state index contributed by atoms with van der Waals surface area (Å²) in [4.78, 5) is 21.7. The summed E-state index contributed by atoms with van der Waals surface area (Å²) < 4.78 is 9.71. The van der Waals surface area contributed by atoms with Crippen molar-refractivity contribution in [2.24, 2.45) is 0 Å². The lowest BCUT2D eigenvalue weighted by atomic mass is 10.1. The number of ether oxygens (including phenoxy) is 2. The Hall–Kier alpha value is -1.32. The van der Waals surface area contributed by atoms with E-state index in [0.29, 0.717) is 25.7 Å². The van der Waals surface area contributed by atoms with Crippen molar-refractivity contribution in [2.45, 2.75) is 31.8 Å². The van der Waals surface area contributed by atoms with Crippen LogP contribution in [0.4, 0.5) is 0 Å². The maximum Gasteiger partial charge on any atom is 0.305 e. The van der Waals surface area contributed by atoms with Gasteiger partial charge in [-0.15, -0.1) is 0 Å². The Kier molecular flexibility index (Phi) is 4.16. The van der Waals surface area contributed by atoms with E-state index in [4.69, 9.17) is 4.74 Å². The second-order valence-corrected chi connectivity index (χ2v) is 3.20. The Bertz CT molecular complexity index is 245. The predicted molar refractivity (Wildman–Crippen MR) is 49.5 cm³/mol. The van der Waals surface area contributed by atoms with Gasteiger partial charge in [-0.3, -0.25) is 9.59 Å². The van der Waals surface area contributed by atoms with Crippen LogP contribution >= 0.6 is 0 Å². The summed E-state index contributed by atoms with van der Waals surface area (Å²) in [5.74, 6) is -0.137. The quantitative estimate of drug-likeness (QED) is 0.637. The lowest BCUT2D eigenvalue weighted by Gasteiger charge is -2.17. The third-order valence-electron chi connectivity index (χ3n) is 2.09. The first kappa shape index (κ1) is 10.8. The molecule has 4 nitrogen and oxygen atoms in total. The zero-order chi connectivity index (χ0) is 10.4. The van der Waals surface area contributed by atoms with Crippen LogP contribution in [0, 0.1) is 0 Å². The highest BCUT2D eigenvalue weighted by Gasteiger charge is 2.16. The first-order chi connectivity index (χ1) is 6.72. The average Bonchev–Trinajstić information content (AvgIpc) is 2.17. The Morgan fingerprint density at radius 2 is 2.50 bits per heavy atom. The molecule has 0 amide bonds. The van der Waals surface area contributed by atoms with Gasteiger partial charge in [0.15, 0.2) is 5.78 Å². The minimum absolute atomic E-state index is 0.0721. The van der Waals surface area contributed by atoms with E-state index in [1.54, 1.807) is 0 Å². The average molecular weight is 198 g/mol. The molecular weight excluding hydrogens is 184 g/mol. The molecule has 1 atom stereocenters. The first-order valence-electron chi connectivity index (χ1n) is 4.64. The van der Waals surface area contributed by atoms with Gasteiger partial charge >= 0.3 is 5.97 Å². The highest BCUT2D eigenvalue weighted by atomic mass is 16.5. The van der Waals surface area contributed by atoms with Crippen molar-refractivity contribution in [1.29, 1.82) is 0 Å². The largest absolute Gasteiger partial charge is 0.497 e. The molecule has 1 aliphatic heterocycles. The summed E-state index contributed by atoms with van der Waals surface area (Å²) in [5, 5.41) is 0. The molecule has 1 aliphatic rings. The van der Waals surface area contributed by atoms with Crippen molar-refractivity contribution in [2.75, 3.05) is 7.11 Å². The fraction of sp³-hybridized carbons (Fsp3) is 0.600. The minimum Gasteiger partial charge on any atom is -0.497 e. The molecule has 0 N–H and O–H groups in total. The summed E-state index contributed by atoms with van der Waals surface area (Å²) >= 11 is 0. The van der Waals surface area contributed by atoms with Gasteiger partial charge in [-0.25, -0.2) is 0 Å². The second-order valence-electron chi connectivity index (χ2n) is 3.20. The molecule has 0 aromatic carbocycles. The third-order valence-corrected chi connectivity index (χ3v) is 2.09. The smallest absolute Gasteiger partial charge is 0.305 e. The second kappa shape index (κ2) is 5.42. The van der Waals surface area contributed by atoms with Crippen LogP contribution < -0.4 is 0 Å². The molecule has 78 valence electrons. The molecule has 0 bridgehead atoms. The number of carbonyl (C=O) groups is 2. The van der Waals surface area contributed by atoms with Crippen molar-refractivity contribution in [3.63, 3.8) is 0 Å². The Balaban J connectivity index is 2.16. The van der Waals surface area contributed by atoms with E-state index in [9.17, 15) is 9.59 Å². The molecular formula is C10H14O4. The van der Waals surface area contributed by atoms with Crippen LogP contribution in [-0.2, 0) is 19.1 Å². The fourth-order valence-electron chi connectivity index (χ4n) is 1.31. The van der Waals surface area contributed by atoms with Gasteiger partial charge in [-0.1, -0.05) is 0 Å². The van der Waals surface area contributed by atoms with E-state index in [2.05, 4.69) is 4.74 Å². The zero-order valence-electron chi connectivity index (χ0n) is 8.19. The van der Waals surface area contributed by atoms with Crippen molar-refractivity contribution in [3.8, 4) is 0 Å². The monoisotopic (exact) mass is 198 g/mol. The first-order valence-corrected chi connectivity index (χ1v) is 4.64. The van der Waals surface area contributed by atoms with E-state index in [0.717, 1.165) is 0 Å². The van der Waals surface area contributed by atoms with Crippen molar-refractivity contribution < 1.29 is 19.1 Å². The van der Waals surface area contributed by atoms with Gasteiger partial charge in [0.05, 0.1) is 13.4 Å². The van der Waals surface area contributed by atoms with E-state index in [1.165, 1.54) is 19.4 Å². The molecule has 4 heteroatoms. The van der Waals surface area contributed by atoms with Crippen LogP contribution in [0.5, 0.6) is 0 Å². The van der Waals surface area contributed by atoms with Crippen LogP contribution in [0.25, 0.3) is 0 Å². The van der Waals surface area contributed by atoms with Gasteiger partial charge in [0.2, 0.25) is 0 Å². The molecule has 1 rings (SSSR count). The van der Waals surface area contributed by atoms with E-state index < -0.39 is 0 Å². The van der Waals surface area contributed by atoms with Crippen molar-refractivity contribution in [3.05, 3.63) is 12.3 Å². The van der Waals surface area contributed by atoms with Crippen LogP contribution in [0.3, 0.4) is 0 Å². The van der Waals surface area contributed by atoms with Gasteiger partial charge in [0.25, 0.3) is 0 Å². The topological polar surface area (TPSA) is 52.6 Å². The number of esters is 1. The molecule has 0 spiro atoms. The van der Waals surface area contributed by atoms with Gasteiger partial charge in [0.1, 0.15) is 6.10 Å². The SMILES string of the molecule is COC(=O)CCC[C@@H]1CC(=O)C=CO1. The minimum atomic E-state index is -0.220. The summed E-state index contributed by atoms with van der Waals surface area (Å²) in [7, 11) is 1.37. The number of hydrogen-bond acceptors (Lipinski definition) is 4. The van der Waals surface area contributed by atoms with Crippen molar-refractivity contribution >= 4 is 11.8 Å². The van der Waals surface area contributed by atoms with Crippen LogP contribution in [-0.4, -0.2) is 25.0 Å². The van der Waals surface area contributed by atoms with Gasteiger partial charge < -0.3 is 9.47 Å². The number of carbonyl (C=O) groups excluding carboxylic acids is 2. The van der Waals surface area contributed by atoms with E-state index >= 15 is 0 Å². The molecule has 0 saturated carbocycles. The van der Waals surface area contributed by atoms with Crippen LogP contribution in [0.1, 0.15) is 25.7 Å². The Morgan fingerprint density at radius 1 is 1.71 bits per heavy atom. The highest BCUT2D eigenvalue weighted by molar-refractivity contribution is 5.90. The van der Waals surface area contributed by atoms with E-state index in [1.807, 2.05) is 0 Å². The number of hydrogen-bond donors (Lipinski definition) is 0. The molecule has 0 aliphatic carbocycles. The molecule has 0 fully saturated rings. The summed E-state index contributed by atoms with van der Waals surface area (Å²) in [6.07, 6.45) is 4.98. The Labute approximate surface area is 82.9 Å². The molecule has 0 aromatic rings. The predicted octanol–water partition coefficient (Wildman–Crippen LogP) is 1.20. The van der Waals surface area contributed by atoms with Crippen LogP contribution in [0.15, 0.2) is 12.3 Å². The highest BCUT2D eigenvalue weighted by Crippen LogP contribution is 2.14. The molecule has 0 aromatic heterocycles.